The van der Waals surface area contributed by atoms with Gasteiger partial charge in [0.15, 0.2) is 5.96 Å². The van der Waals surface area contributed by atoms with Crippen LogP contribution in [0.25, 0.3) is 0 Å². The van der Waals surface area contributed by atoms with Gasteiger partial charge in [-0.3, -0.25) is 14.7 Å². The first-order chi connectivity index (χ1) is 12.7. The summed E-state index contributed by atoms with van der Waals surface area (Å²) < 4.78 is 0. The van der Waals surface area contributed by atoms with Crippen molar-refractivity contribution in [3.8, 4) is 0 Å². The van der Waals surface area contributed by atoms with E-state index in [4.69, 9.17) is 0 Å². The van der Waals surface area contributed by atoms with Gasteiger partial charge in [-0.25, -0.2) is 4.79 Å². The van der Waals surface area contributed by atoms with Crippen molar-refractivity contribution in [3.63, 3.8) is 0 Å². The standard InChI is InChI=1S/C18H26N6O2/c1-2-19-17(20-8-9-24-16(25)14-21-18(24)26)23-12-10-22(11-13-23)15-6-4-3-5-7-15/h3-7H,2,8-14H2,1H3,(H,19,20)(H,21,26). The van der Waals surface area contributed by atoms with E-state index >= 15 is 0 Å². The van der Waals surface area contributed by atoms with Gasteiger partial charge in [-0.1, -0.05) is 18.2 Å². The van der Waals surface area contributed by atoms with Crippen molar-refractivity contribution in [2.24, 2.45) is 4.99 Å². The first-order valence-corrected chi connectivity index (χ1v) is 9.10. The third-order valence-corrected chi connectivity index (χ3v) is 4.56. The van der Waals surface area contributed by atoms with E-state index in [2.05, 4.69) is 49.7 Å². The minimum atomic E-state index is -0.327. The topological polar surface area (TPSA) is 80.3 Å². The number of carbonyl (C=O) groups is 2. The van der Waals surface area contributed by atoms with Crippen LogP contribution in [0.4, 0.5) is 10.5 Å². The molecule has 2 saturated heterocycles. The number of hydrogen-bond donors (Lipinski definition) is 2. The zero-order valence-corrected chi connectivity index (χ0v) is 15.1. The van der Waals surface area contributed by atoms with Crippen LogP contribution in [0, 0.1) is 0 Å². The molecule has 0 saturated carbocycles. The Bertz CT molecular complexity index is 639. The van der Waals surface area contributed by atoms with Crippen LogP contribution in [0.3, 0.4) is 0 Å². The number of imide groups is 1. The van der Waals surface area contributed by atoms with Crippen molar-refractivity contribution in [2.45, 2.75) is 6.92 Å². The largest absolute Gasteiger partial charge is 0.368 e. The molecule has 2 N–H and O–H groups in total. The third kappa shape index (κ3) is 4.25. The number of para-hydroxylation sites is 1. The molecular formula is C18H26N6O2. The molecule has 140 valence electrons. The van der Waals surface area contributed by atoms with Crippen LogP contribution in [0.1, 0.15) is 6.92 Å². The highest BCUT2D eigenvalue weighted by Gasteiger charge is 2.27. The lowest BCUT2D eigenvalue weighted by atomic mass is 10.2. The van der Waals surface area contributed by atoms with Gasteiger partial charge in [0.25, 0.3) is 0 Å². The van der Waals surface area contributed by atoms with E-state index in [9.17, 15) is 9.59 Å². The molecule has 2 fully saturated rings. The molecular weight excluding hydrogens is 332 g/mol. The van der Waals surface area contributed by atoms with E-state index in [1.54, 1.807) is 0 Å². The molecule has 8 heteroatoms. The Kier molecular flexibility index (Phi) is 5.93. The van der Waals surface area contributed by atoms with Gasteiger partial charge in [-0.2, -0.15) is 0 Å². The maximum absolute atomic E-state index is 11.6. The SMILES string of the molecule is CCNC(=NCCN1C(=O)CNC1=O)N1CCN(c2ccccc2)CC1. The Hall–Kier alpha value is -2.77. The van der Waals surface area contributed by atoms with Gasteiger partial charge in [0.2, 0.25) is 5.91 Å². The molecule has 3 amide bonds. The first-order valence-electron chi connectivity index (χ1n) is 9.10. The Balaban J connectivity index is 1.54. The van der Waals surface area contributed by atoms with Gasteiger partial charge >= 0.3 is 6.03 Å². The average molecular weight is 358 g/mol. The highest BCUT2D eigenvalue weighted by molar-refractivity contribution is 6.01. The summed E-state index contributed by atoms with van der Waals surface area (Å²) in [7, 11) is 0. The fourth-order valence-electron chi connectivity index (χ4n) is 3.18. The molecule has 0 spiro atoms. The molecule has 0 radical (unpaired) electrons. The summed E-state index contributed by atoms with van der Waals surface area (Å²) in [5, 5.41) is 5.83. The Morgan fingerprint density at radius 1 is 1.15 bits per heavy atom. The number of rotatable bonds is 5. The second-order valence-electron chi connectivity index (χ2n) is 6.25. The lowest BCUT2D eigenvalue weighted by molar-refractivity contribution is -0.124. The smallest absolute Gasteiger partial charge is 0.324 e. The quantitative estimate of drug-likeness (QED) is 0.450. The number of nitrogens with one attached hydrogen (secondary N) is 2. The average Bonchev–Trinajstić information content (AvgIpc) is 3.00. The zero-order valence-electron chi connectivity index (χ0n) is 15.1. The Morgan fingerprint density at radius 2 is 1.88 bits per heavy atom. The summed E-state index contributed by atoms with van der Waals surface area (Å²) in [6, 6.07) is 10.1. The van der Waals surface area contributed by atoms with Crippen LogP contribution in [-0.2, 0) is 4.79 Å². The summed E-state index contributed by atoms with van der Waals surface area (Å²) in [6.45, 7) is 7.23. The minimum absolute atomic E-state index is 0.0874. The summed E-state index contributed by atoms with van der Waals surface area (Å²) in [5.74, 6) is 0.652. The monoisotopic (exact) mass is 358 g/mol. The first kappa shape index (κ1) is 18.0. The van der Waals surface area contributed by atoms with Gasteiger partial charge in [-0.15, -0.1) is 0 Å². The van der Waals surface area contributed by atoms with Crippen molar-refractivity contribution in [2.75, 3.05) is 57.3 Å². The van der Waals surface area contributed by atoms with Crippen molar-refractivity contribution in [1.29, 1.82) is 0 Å². The van der Waals surface area contributed by atoms with Crippen LogP contribution >= 0.6 is 0 Å². The molecule has 0 bridgehead atoms. The molecule has 2 heterocycles. The number of hydrogen-bond acceptors (Lipinski definition) is 4. The van der Waals surface area contributed by atoms with Gasteiger partial charge in [0.05, 0.1) is 19.6 Å². The van der Waals surface area contributed by atoms with E-state index in [1.807, 2.05) is 13.0 Å². The van der Waals surface area contributed by atoms with E-state index in [0.29, 0.717) is 13.1 Å². The van der Waals surface area contributed by atoms with Crippen LogP contribution in [-0.4, -0.2) is 80.1 Å². The van der Waals surface area contributed by atoms with E-state index in [0.717, 1.165) is 38.7 Å². The molecule has 1 aromatic carbocycles. The highest BCUT2D eigenvalue weighted by atomic mass is 16.2. The summed E-state index contributed by atoms with van der Waals surface area (Å²) in [6.07, 6.45) is 0. The molecule has 2 aliphatic rings. The van der Waals surface area contributed by atoms with Crippen LogP contribution in [0.5, 0.6) is 0 Å². The van der Waals surface area contributed by atoms with Crippen LogP contribution < -0.4 is 15.5 Å². The van der Waals surface area contributed by atoms with Crippen molar-refractivity contribution < 1.29 is 9.59 Å². The fraction of sp³-hybridized carbons (Fsp3) is 0.500. The molecule has 0 atom stereocenters. The molecule has 0 aliphatic carbocycles. The van der Waals surface area contributed by atoms with E-state index < -0.39 is 0 Å². The maximum atomic E-state index is 11.6. The third-order valence-electron chi connectivity index (χ3n) is 4.56. The molecule has 26 heavy (non-hydrogen) atoms. The predicted octanol–water partition coefficient (Wildman–Crippen LogP) is 0.326. The predicted molar refractivity (Wildman–Crippen MR) is 101 cm³/mol. The van der Waals surface area contributed by atoms with Crippen LogP contribution in [0.15, 0.2) is 35.3 Å². The summed E-state index contributed by atoms with van der Waals surface area (Å²) in [5.41, 5.74) is 1.24. The highest BCUT2D eigenvalue weighted by Crippen LogP contribution is 2.15. The summed E-state index contributed by atoms with van der Waals surface area (Å²) >= 11 is 0. The van der Waals surface area contributed by atoms with Gasteiger partial charge < -0.3 is 20.4 Å². The van der Waals surface area contributed by atoms with Crippen molar-refractivity contribution in [3.05, 3.63) is 30.3 Å². The van der Waals surface area contributed by atoms with Gasteiger partial charge in [0.1, 0.15) is 0 Å². The number of guanidine groups is 1. The number of amides is 3. The van der Waals surface area contributed by atoms with Gasteiger partial charge in [-0.05, 0) is 19.1 Å². The molecule has 8 nitrogen and oxygen atoms in total. The molecule has 2 aliphatic heterocycles. The minimum Gasteiger partial charge on any atom is -0.368 e. The fourth-order valence-corrected chi connectivity index (χ4v) is 3.18. The van der Waals surface area contributed by atoms with Crippen LogP contribution in [0.2, 0.25) is 0 Å². The number of benzene rings is 1. The lowest BCUT2D eigenvalue weighted by Crippen LogP contribution is -2.52. The summed E-state index contributed by atoms with van der Waals surface area (Å²) in [4.78, 5) is 33.6. The maximum Gasteiger partial charge on any atom is 0.324 e. The lowest BCUT2D eigenvalue weighted by Gasteiger charge is -2.37. The second kappa shape index (κ2) is 8.55. The Morgan fingerprint density at radius 3 is 2.50 bits per heavy atom. The molecule has 3 rings (SSSR count). The van der Waals surface area contributed by atoms with Gasteiger partial charge in [0, 0.05) is 38.4 Å². The molecule has 0 unspecified atom stereocenters. The number of piperazine rings is 1. The number of aliphatic imine (C=N–C) groups is 1. The second-order valence-corrected chi connectivity index (χ2v) is 6.25. The normalized spacial score (nSPS) is 18.3. The molecule has 0 aromatic heterocycles. The number of carbonyl (C=O) groups excluding carboxylic acids is 2. The van der Waals surface area contributed by atoms with Crippen molar-refractivity contribution in [1.82, 2.24) is 20.4 Å². The number of anilines is 1. The Labute approximate surface area is 153 Å². The van der Waals surface area contributed by atoms with E-state index in [1.165, 1.54) is 10.6 Å². The van der Waals surface area contributed by atoms with E-state index in [-0.39, 0.29) is 18.5 Å². The molecule has 1 aromatic rings. The zero-order chi connectivity index (χ0) is 18.4. The number of urea groups is 1. The van der Waals surface area contributed by atoms with Crippen molar-refractivity contribution >= 4 is 23.6 Å². The number of nitrogens with zero attached hydrogens (tertiary/aromatic N) is 4.